The van der Waals surface area contributed by atoms with E-state index in [1.807, 2.05) is 30.3 Å². The van der Waals surface area contributed by atoms with E-state index >= 15 is 4.57 Å². The van der Waals surface area contributed by atoms with Gasteiger partial charge in [0.25, 0.3) is 0 Å². The summed E-state index contributed by atoms with van der Waals surface area (Å²) >= 11 is 3.30. The summed E-state index contributed by atoms with van der Waals surface area (Å²) in [5, 5.41) is 2.50. The van der Waals surface area contributed by atoms with Crippen LogP contribution in [0.2, 0.25) is 0 Å². The van der Waals surface area contributed by atoms with E-state index < -0.39 is 12.9 Å². The van der Waals surface area contributed by atoms with Gasteiger partial charge in [0.15, 0.2) is 7.14 Å². The van der Waals surface area contributed by atoms with Gasteiger partial charge in [0.05, 0.1) is 23.0 Å². The van der Waals surface area contributed by atoms with Gasteiger partial charge in [-0.2, -0.15) is 0 Å². The van der Waals surface area contributed by atoms with Gasteiger partial charge < -0.3 is 23.8 Å². The van der Waals surface area contributed by atoms with Crippen molar-refractivity contribution in [2.24, 2.45) is 0 Å². The Balaban J connectivity index is 1.39. The van der Waals surface area contributed by atoms with Crippen LogP contribution in [0.5, 0.6) is 0 Å². The predicted molar refractivity (Wildman–Crippen MR) is 192 cm³/mol. The van der Waals surface area contributed by atoms with Gasteiger partial charge in [-0.1, -0.05) is 54.6 Å². The molecule has 2 aromatic heterocycles. The number of anilines is 2. The number of benzene rings is 3. The van der Waals surface area contributed by atoms with Crippen molar-refractivity contribution in [3.05, 3.63) is 101 Å². The summed E-state index contributed by atoms with van der Waals surface area (Å²) in [6.45, 7) is 13.6. The molecule has 3 aromatic carbocycles. The Morgan fingerprint density at radius 2 is 1.07 bits per heavy atom. The first kappa shape index (κ1) is 30.5. The van der Waals surface area contributed by atoms with Crippen LogP contribution in [0.25, 0.3) is 20.9 Å². The second-order valence-corrected chi connectivity index (χ2v) is 16.1. The molecule has 7 rings (SSSR count). The van der Waals surface area contributed by atoms with Gasteiger partial charge in [-0.3, -0.25) is 0 Å². The summed E-state index contributed by atoms with van der Waals surface area (Å²) in [6, 6.07) is 31.7. The van der Waals surface area contributed by atoms with Gasteiger partial charge >= 0.3 is 0 Å². The molecule has 0 bridgehead atoms. The lowest BCUT2D eigenvalue weighted by Crippen LogP contribution is -2.43. The topological polar surface area (TPSA) is 42.0 Å². The molecule has 45 heavy (non-hydrogen) atoms. The van der Waals surface area contributed by atoms with E-state index in [-0.39, 0.29) is 0 Å². The quantitative estimate of drug-likeness (QED) is 0.151. The van der Waals surface area contributed by atoms with Crippen LogP contribution in [0, 0.1) is 0 Å². The summed E-state index contributed by atoms with van der Waals surface area (Å²) in [5.74, 6) is -1.05. The predicted octanol–water partition coefficient (Wildman–Crippen LogP) is 8.04. The minimum absolute atomic E-state index is 0.492. The van der Waals surface area contributed by atoms with E-state index in [4.69, 9.17) is 9.47 Å². The highest BCUT2D eigenvalue weighted by atomic mass is 32.1. The Morgan fingerprint density at radius 3 is 1.47 bits per heavy atom. The number of hydrogen-bond donors (Lipinski definition) is 0. The molecule has 1 spiro atoms. The van der Waals surface area contributed by atoms with Crippen LogP contribution < -0.4 is 25.7 Å². The van der Waals surface area contributed by atoms with Gasteiger partial charge in [0.2, 0.25) is 5.79 Å². The molecular weight excluding hydrogens is 616 g/mol. The van der Waals surface area contributed by atoms with Crippen molar-refractivity contribution in [1.82, 2.24) is 0 Å². The SMILES string of the molecule is CCN(CC)c1ccc(-c2cc3c(s2)C2(OCCO2)c2sc(-c4ccc(N(CC)CC)cc4)cc2P3(=O)c2ccccc2)cc1. The second kappa shape index (κ2) is 12.2. The van der Waals surface area contributed by atoms with Crippen LogP contribution in [0.1, 0.15) is 37.4 Å². The third kappa shape index (κ3) is 4.92. The van der Waals surface area contributed by atoms with Crippen LogP contribution >= 0.6 is 29.8 Å². The second-order valence-electron chi connectivity index (χ2n) is 11.3. The minimum atomic E-state index is -3.25. The van der Waals surface area contributed by atoms with Gasteiger partial charge in [-0.05, 0) is 75.2 Å². The normalized spacial score (nSPS) is 16.0. The zero-order valence-corrected chi connectivity index (χ0v) is 28.8. The van der Waals surface area contributed by atoms with E-state index in [0.29, 0.717) is 13.2 Å². The third-order valence-electron chi connectivity index (χ3n) is 9.08. The van der Waals surface area contributed by atoms with Crippen molar-refractivity contribution in [3.63, 3.8) is 0 Å². The first-order chi connectivity index (χ1) is 22.0. The number of thiophene rings is 2. The van der Waals surface area contributed by atoms with Crippen molar-refractivity contribution < 1.29 is 14.0 Å². The molecule has 0 unspecified atom stereocenters. The first-order valence-electron chi connectivity index (χ1n) is 15.9. The fourth-order valence-corrected chi connectivity index (χ4v) is 13.2. The smallest absolute Gasteiger partial charge is 0.243 e. The molecule has 8 heteroatoms. The molecule has 1 fully saturated rings. The molecule has 5 aromatic rings. The zero-order chi connectivity index (χ0) is 31.2. The van der Waals surface area contributed by atoms with E-state index in [0.717, 1.165) is 72.7 Å². The largest absolute Gasteiger partial charge is 0.372 e. The standard InChI is InChI=1S/C37H39N2O3PS2/c1-5-38(6-2)28-18-14-26(15-19-28)33-24-31-35(44-33)37(41-22-23-42-37)36-32(43(31,40)30-12-10-9-11-13-30)25-34(45-36)27-16-20-29(21-17-27)39(7-3)8-4/h9-21,24-25H,5-8,22-23H2,1-4H3. The molecule has 2 aliphatic heterocycles. The van der Waals surface area contributed by atoms with Gasteiger partial charge in [0, 0.05) is 63.2 Å². The molecule has 2 aliphatic rings. The highest BCUT2D eigenvalue weighted by molar-refractivity contribution is 7.86. The molecule has 0 amide bonds. The Labute approximate surface area is 274 Å². The lowest BCUT2D eigenvalue weighted by atomic mass is 10.1. The number of ether oxygens (including phenoxy) is 2. The molecule has 1 saturated heterocycles. The molecule has 232 valence electrons. The average Bonchev–Trinajstić information content (AvgIpc) is 3.86. The number of hydrogen-bond acceptors (Lipinski definition) is 7. The van der Waals surface area contributed by atoms with E-state index in [1.54, 1.807) is 22.7 Å². The van der Waals surface area contributed by atoms with Crippen LogP contribution in [0.4, 0.5) is 11.4 Å². The summed E-state index contributed by atoms with van der Waals surface area (Å²) in [7, 11) is -3.25. The van der Waals surface area contributed by atoms with Crippen molar-refractivity contribution in [2.45, 2.75) is 33.5 Å². The average molecular weight is 655 g/mol. The Kier molecular flexibility index (Phi) is 8.26. The van der Waals surface area contributed by atoms with Gasteiger partial charge in [-0.15, -0.1) is 22.7 Å². The summed E-state index contributed by atoms with van der Waals surface area (Å²) in [4.78, 5) is 8.65. The van der Waals surface area contributed by atoms with Crippen molar-refractivity contribution in [2.75, 3.05) is 49.2 Å². The van der Waals surface area contributed by atoms with Gasteiger partial charge in [0.1, 0.15) is 0 Å². The third-order valence-corrected chi connectivity index (χ3v) is 15.0. The lowest BCUT2D eigenvalue weighted by Gasteiger charge is -2.35. The molecular formula is C37H39N2O3PS2. The zero-order valence-electron chi connectivity index (χ0n) is 26.3. The molecule has 0 saturated carbocycles. The fraction of sp³-hybridized carbons (Fsp3) is 0.297. The number of fused-ring (bicyclic) bond motifs is 4. The maximum atomic E-state index is 15.8. The molecule has 0 atom stereocenters. The highest BCUT2D eigenvalue weighted by Gasteiger charge is 2.56. The summed E-state index contributed by atoms with van der Waals surface area (Å²) in [5.41, 5.74) is 4.63. The van der Waals surface area contributed by atoms with Crippen molar-refractivity contribution in [1.29, 1.82) is 0 Å². The first-order valence-corrected chi connectivity index (χ1v) is 19.2. The van der Waals surface area contributed by atoms with Crippen LogP contribution in [0.15, 0.2) is 91.0 Å². The Bertz CT molecular complexity index is 1730. The van der Waals surface area contributed by atoms with Gasteiger partial charge in [-0.25, -0.2) is 0 Å². The molecule has 0 radical (unpaired) electrons. The van der Waals surface area contributed by atoms with Crippen molar-refractivity contribution >= 4 is 57.1 Å². The molecule has 0 aliphatic carbocycles. The monoisotopic (exact) mass is 654 g/mol. The maximum Gasteiger partial charge on any atom is 0.243 e. The van der Waals surface area contributed by atoms with Crippen LogP contribution in [-0.4, -0.2) is 39.4 Å². The van der Waals surface area contributed by atoms with E-state index in [2.05, 4.69) is 98.2 Å². The van der Waals surface area contributed by atoms with Crippen molar-refractivity contribution in [3.8, 4) is 20.9 Å². The molecule has 5 nitrogen and oxygen atoms in total. The molecule has 4 heterocycles. The number of rotatable bonds is 9. The van der Waals surface area contributed by atoms with E-state index in [9.17, 15) is 0 Å². The number of nitrogens with zero attached hydrogens (tertiary/aromatic N) is 2. The van der Waals surface area contributed by atoms with Crippen LogP contribution in [-0.2, 0) is 19.8 Å². The lowest BCUT2D eigenvalue weighted by molar-refractivity contribution is -0.123. The highest BCUT2D eigenvalue weighted by Crippen LogP contribution is 2.59. The minimum Gasteiger partial charge on any atom is -0.372 e. The Hall–Kier alpha value is -3.19. The van der Waals surface area contributed by atoms with E-state index in [1.165, 1.54) is 11.4 Å². The summed E-state index contributed by atoms with van der Waals surface area (Å²) < 4.78 is 29.0. The van der Waals surface area contributed by atoms with Crippen LogP contribution in [0.3, 0.4) is 0 Å². The maximum absolute atomic E-state index is 15.8. The Morgan fingerprint density at radius 1 is 0.644 bits per heavy atom. The molecule has 0 N–H and O–H groups in total. The summed E-state index contributed by atoms with van der Waals surface area (Å²) in [6.07, 6.45) is 0. The fourth-order valence-electron chi connectivity index (χ4n) is 6.66.